The van der Waals surface area contributed by atoms with Gasteiger partial charge in [0.1, 0.15) is 0 Å². The Balaban J connectivity index is 1.58. The van der Waals surface area contributed by atoms with Crippen LogP contribution in [-0.2, 0) is 17.8 Å². The van der Waals surface area contributed by atoms with Crippen molar-refractivity contribution in [1.29, 1.82) is 0 Å². The van der Waals surface area contributed by atoms with Crippen LogP contribution in [0.1, 0.15) is 29.0 Å². The Morgan fingerprint density at radius 3 is 2.79 bits per heavy atom. The first kappa shape index (κ1) is 17.5. The molecule has 0 bridgehead atoms. The van der Waals surface area contributed by atoms with E-state index in [0.29, 0.717) is 19.1 Å². The zero-order valence-corrected chi connectivity index (χ0v) is 16.1. The fraction of sp³-hybridized carbons (Fsp3) is 0.421. The number of nitrogens with zero attached hydrogens (tertiary/aromatic N) is 2. The summed E-state index contributed by atoms with van der Waals surface area (Å²) in [5.41, 5.74) is 2.57. The van der Waals surface area contributed by atoms with Gasteiger partial charge in [-0.2, -0.15) is 0 Å². The molecule has 2 aromatic rings. The Morgan fingerprint density at radius 2 is 2.08 bits per heavy atom. The van der Waals surface area contributed by atoms with Gasteiger partial charge >= 0.3 is 0 Å². The van der Waals surface area contributed by atoms with Gasteiger partial charge in [-0.15, -0.1) is 23.1 Å². The molecular weight excluding hydrogens is 336 g/mol. The molecule has 1 aliphatic heterocycles. The van der Waals surface area contributed by atoms with E-state index in [1.54, 1.807) is 11.8 Å². The van der Waals surface area contributed by atoms with Crippen LogP contribution >= 0.6 is 23.1 Å². The Hall–Kier alpha value is -1.30. The molecule has 0 saturated carbocycles. The summed E-state index contributed by atoms with van der Waals surface area (Å²) in [6, 6.07) is 11.0. The number of carbonyl (C=O) groups is 1. The number of amides is 1. The van der Waals surface area contributed by atoms with Gasteiger partial charge in [0.05, 0.1) is 6.54 Å². The number of fused-ring (bicyclic) bond motifs is 1. The quantitative estimate of drug-likeness (QED) is 0.752. The van der Waals surface area contributed by atoms with Gasteiger partial charge in [-0.05, 0) is 54.3 Å². The van der Waals surface area contributed by atoms with E-state index in [4.69, 9.17) is 0 Å². The fourth-order valence-electron chi connectivity index (χ4n) is 3.16. The van der Waals surface area contributed by atoms with Gasteiger partial charge in [-0.3, -0.25) is 9.69 Å². The molecule has 0 saturated heterocycles. The van der Waals surface area contributed by atoms with E-state index in [1.807, 2.05) is 23.3 Å². The predicted octanol–water partition coefficient (Wildman–Crippen LogP) is 4.05. The van der Waals surface area contributed by atoms with Gasteiger partial charge in [0.15, 0.2) is 0 Å². The molecule has 1 aliphatic rings. The second-order valence-electron chi connectivity index (χ2n) is 6.29. The molecule has 1 aromatic carbocycles. The summed E-state index contributed by atoms with van der Waals surface area (Å²) in [6.45, 7) is 4.34. The average molecular weight is 361 g/mol. The lowest BCUT2D eigenvalue weighted by Crippen LogP contribution is -2.41. The number of hydrogen-bond donors (Lipinski definition) is 0. The van der Waals surface area contributed by atoms with E-state index in [-0.39, 0.29) is 5.91 Å². The standard InChI is InChI=1S/C19H24N2OS2/c1-14-17-9-11-24-18(17)8-10-21(14)13-19(22)20(2)12-15-4-6-16(23-3)7-5-15/h4-7,9,11,14H,8,10,12-13H2,1-3H3/t14-/m0/s1. The van der Waals surface area contributed by atoms with Crippen LogP contribution < -0.4 is 0 Å². The van der Waals surface area contributed by atoms with E-state index in [2.05, 4.69) is 53.8 Å². The molecule has 0 unspecified atom stereocenters. The maximum absolute atomic E-state index is 12.6. The number of rotatable bonds is 5. The SMILES string of the molecule is CSc1ccc(CN(C)C(=O)CN2CCc3sccc3[C@@H]2C)cc1. The monoisotopic (exact) mass is 360 g/mol. The first-order chi connectivity index (χ1) is 11.6. The van der Waals surface area contributed by atoms with Gasteiger partial charge in [0.2, 0.25) is 5.91 Å². The molecule has 1 atom stereocenters. The molecule has 2 heterocycles. The maximum Gasteiger partial charge on any atom is 0.236 e. The molecule has 1 amide bonds. The molecule has 1 aromatic heterocycles. The van der Waals surface area contributed by atoms with Crippen molar-refractivity contribution in [3.8, 4) is 0 Å². The van der Waals surface area contributed by atoms with Crippen LogP contribution in [-0.4, -0.2) is 42.1 Å². The number of likely N-dealkylation sites (N-methyl/N-ethyl adjacent to an activating group) is 1. The number of thioether (sulfide) groups is 1. The number of hydrogen-bond acceptors (Lipinski definition) is 4. The second-order valence-corrected chi connectivity index (χ2v) is 8.17. The highest BCUT2D eigenvalue weighted by atomic mass is 32.2. The third-order valence-electron chi connectivity index (χ3n) is 4.75. The summed E-state index contributed by atoms with van der Waals surface area (Å²) in [7, 11) is 1.90. The summed E-state index contributed by atoms with van der Waals surface area (Å²) in [5, 5.41) is 2.16. The molecule has 5 heteroatoms. The molecule has 0 aliphatic carbocycles. The molecule has 3 nitrogen and oxygen atoms in total. The third-order valence-corrected chi connectivity index (χ3v) is 6.49. The minimum atomic E-state index is 0.189. The van der Waals surface area contributed by atoms with E-state index in [1.165, 1.54) is 20.9 Å². The molecule has 0 fully saturated rings. The molecular formula is C19H24N2OS2. The topological polar surface area (TPSA) is 23.6 Å². The number of benzene rings is 1. The zero-order valence-electron chi connectivity index (χ0n) is 14.5. The highest BCUT2D eigenvalue weighted by Gasteiger charge is 2.26. The summed E-state index contributed by atoms with van der Waals surface area (Å²) >= 11 is 3.57. The van der Waals surface area contributed by atoms with E-state index >= 15 is 0 Å². The first-order valence-electron chi connectivity index (χ1n) is 8.25. The van der Waals surface area contributed by atoms with Crippen molar-refractivity contribution in [3.05, 3.63) is 51.7 Å². The van der Waals surface area contributed by atoms with Gasteiger partial charge in [-0.25, -0.2) is 0 Å². The van der Waals surface area contributed by atoms with Crippen molar-refractivity contribution < 1.29 is 4.79 Å². The predicted molar refractivity (Wildman–Crippen MR) is 103 cm³/mol. The van der Waals surface area contributed by atoms with Gasteiger partial charge in [0, 0.05) is 36.0 Å². The highest BCUT2D eigenvalue weighted by Crippen LogP contribution is 2.32. The lowest BCUT2D eigenvalue weighted by molar-refractivity contribution is -0.132. The normalized spacial score (nSPS) is 17.5. The summed E-state index contributed by atoms with van der Waals surface area (Å²) < 4.78 is 0. The Bertz CT molecular complexity index is 696. The van der Waals surface area contributed by atoms with Gasteiger partial charge in [0.25, 0.3) is 0 Å². The molecule has 3 rings (SSSR count). The van der Waals surface area contributed by atoms with Crippen molar-refractivity contribution in [3.63, 3.8) is 0 Å². The van der Waals surface area contributed by atoms with Crippen molar-refractivity contribution in [2.45, 2.75) is 30.8 Å². The highest BCUT2D eigenvalue weighted by molar-refractivity contribution is 7.98. The fourth-order valence-corrected chi connectivity index (χ4v) is 4.54. The van der Waals surface area contributed by atoms with E-state index in [0.717, 1.165) is 13.0 Å². The van der Waals surface area contributed by atoms with E-state index in [9.17, 15) is 4.79 Å². The molecule has 24 heavy (non-hydrogen) atoms. The van der Waals surface area contributed by atoms with Crippen molar-refractivity contribution in [2.24, 2.45) is 0 Å². The zero-order chi connectivity index (χ0) is 17.1. The number of thiophene rings is 1. The summed E-state index contributed by atoms with van der Waals surface area (Å²) in [4.78, 5) is 19.5. The lowest BCUT2D eigenvalue weighted by Gasteiger charge is -2.34. The summed E-state index contributed by atoms with van der Waals surface area (Å²) in [5.74, 6) is 0.189. The van der Waals surface area contributed by atoms with Crippen LogP contribution in [0, 0.1) is 0 Å². The van der Waals surface area contributed by atoms with Crippen molar-refractivity contribution in [2.75, 3.05) is 26.4 Å². The van der Waals surface area contributed by atoms with Crippen LogP contribution in [0.4, 0.5) is 0 Å². The second kappa shape index (κ2) is 7.72. The van der Waals surface area contributed by atoms with Gasteiger partial charge in [-0.1, -0.05) is 12.1 Å². The van der Waals surface area contributed by atoms with E-state index < -0.39 is 0 Å². The Morgan fingerprint density at radius 1 is 1.33 bits per heavy atom. The lowest BCUT2D eigenvalue weighted by atomic mass is 10.0. The van der Waals surface area contributed by atoms with Crippen molar-refractivity contribution >= 4 is 29.0 Å². The summed E-state index contributed by atoms with van der Waals surface area (Å²) in [6.07, 6.45) is 3.13. The minimum absolute atomic E-state index is 0.189. The average Bonchev–Trinajstić information content (AvgIpc) is 3.07. The maximum atomic E-state index is 12.6. The Kier molecular flexibility index (Phi) is 5.64. The molecule has 0 spiro atoms. The first-order valence-corrected chi connectivity index (χ1v) is 10.4. The van der Waals surface area contributed by atoms with Crippen LogP contribution in [0.25, 0.3) is 0 Å². The smallest absolute Gasteiger partial charge is 0.236 e. The molecule has 0 radical (unpaired) electrons. The van der Waals surface area contributed by atoms with Crippen LogP contribution in [0.3, 0.4) is 0 Å². The third kappa shape index (κ3) is 3.85. The molecule has 128 valence electrons. The van der Waals surface area contributed by atoms with Gasteiger partial charge < -0.3 is 4.90 Å². The largest absolute Gasteiger partial charge is 0.340 e. The molecule has 0 N–H and O–H groups in total. The number of carbonyl (C=O) groups excluding carboxylic acids is 1. The van der Waals surface area contributed by atoms with Crippen LogP contribution in [0.5, 0.6) is 0 Å². The van der Waals surface area contributed by atoms with Crippen molar-refractivity contribution in [1.82, 2.24) is 9.80 Å². The Labute approximate surface area is 152 Å². The van der Waals surface area contributed by atoms with Crippen LogP contribution in [0.2, 0.25) is 0 Å². The van der Waals surface area contributed by atoms with Crippen LogP contribution in [0.15, 0.2) is 40.6 Å². The minimum Gasteiger partial charge on any atom is -0.340 e.